The van der Waals surface area contributed by atoms with Gasteiger partial charge in [0.2, 0.25) is 0 Å². The van der Waals surface area contributed by atoms with Crippen molar-refractivity contribution in [3.8, 4) is 0 Å². The zero-order valence-corrected chi connectivity index (χ0v) is 16.3. The van der Waals surface area contributed by atoms with E-state index in [2.05, 4.69) is 55.0 Å². The number of hydrogen-bond donors (Lipinski definition) is 0. The average Bonchev–Trinajstić information content (AvgIpc) is 2.43. The van der Waals surface area contributed by atoms with E-state index in [-0.39, 0.29) is 17.1 Å². The Morgan fingerprint density at radius 1 is 1.05 bits per heavy atom. The summed E-state index contributed by atoms with van der Waals surface area (Å²) in [7, 11) is -4.40. The van der Waals surface area contributed by atoms with E-state index in [1.54, 1.807) is 0 Å². The molecule has 0 spiro atoms. The van der Waals surface area contributed by atoms with Crippen LogP contribution in [-0.2, 0) is 13.3 Å². The Balaban J connectivity index is 5.61. The predicted octanol–water partition coefficient (Wildman–Crippen LogP) is 5.00. The SMILES string of the molecule is C=CC(=O)O[Si](O[Si](CC)(CC)CC)(C(C)C)C(C)C. The Bertz CT molecular complexity index is 307. The van der Waals surface area contributed by atoms with E-state index in [0.717, 1.165) is 18.1 Å². The highest BCUT2D eigenvalue weighted by atomic mass is 28.4. The van der Waals surface area contributed by atoms with Crippen molar-refractivity contribution in [3.05, 3.63) is 12.7 Å². The summed E-state index contributed by atoms with van der Waals surface area (Å²) in [6.07, 6.45) is 1.25. The third kappa shape index (κ3) is 4.30. The Kier molecular flexibility index (Phi) is 7.98. The molecule has 3 nitrogen and oxygen atoms in total. The van der Waals surface area contributed by atoms with Crippen molar-refractivity contribution in [1.29, 1.82) is 0 Å². The zero-order chi connectivity index (χ0) is 16.0. The molecule has 118 valence electrons. The lowest BCUT2D eigenvalue weighted by Gasteiger charge is -2.44. The average molecular weight is 317 g/mol. The van der Waals surface area contributed by atoms with Gasteiger partial charge in [-0.15, -0.1) is 0 Å². The van der Waals surface area contributed by atoms with Gasteiger partial charge in [-0.3, -0.25) is 0 Å². The summed E-state index contributed by atoms with van der Waals surface area (Å²) in [5.41, 5.74) is 0.478. The molecule has 0 aromatic rings. The van der Waals surface area contributed by atoms with Crippen molar-refractivity contribution in [2.75, 3.05) is 0 Å². The van der Waals surface area contributed by atoms with Crippen LogP contribution >= 0.6 is 0 Å². The summed E-state index contributed by atoms with van der Waals surface area (Å²) in [5.74, 6) is -0.342. The minimum atomic E-state index is -2.59. The molecular formula is C15H32O3Si2. The van der Waals surface area contributed by atoms with Crippen molar-refractivity contribution in [1.82, 2.24) is 0 Å². The monoisotopic (exact) mass is 316 g/mol. The van der Waals surface area contributed by atoms with Crippen molar-refractivity contribution in [3.63, 3.8) is 0 Å². The van der Waals surface area contributed by atoms with Gasteiger partial charge in [0.15, 0.2) is 8.32 Å². The van der Waals surface area contributed by atoms with Crippen LogP contribution in [0.5, 0.6) is 0 Å². The second kappa shape index (κ2) is 8.15. The molecule has 0 bridgehead atoms. The van der Waals surface area contributed by atoms with Crippen LogP contribution in [0.1, 0.15) is 48.5 Å². The smallest absolute Gasteiger partial charge is 0.396 e. The Morgan fingerprint density at radius 2 is 1.45 bits per heavy atom. The first-order valence-electron chi connectivity index (χ1n) is 7.79. The molecule has 0 aromatic carbocycles. The first-order chi connectivity index (χ1) is 9.23. The molecule has 0 N–H and O–H groups in total. The van der Waals surface area contributed by atoms with Crippen LogP contribution in [0.25, 0.3) is 0 Å². The Morgan fingerprint density at radius 3 is 1.70 bits per heavy atom. The fourth-order valence-electron chi connectivity index (χ4n) is 2.66. The second-order valence-corrected chi connectivity index (χ2v) is 15.3. The molecule has 0 aliphatic carbocycles. The van der Waals surface area contributed by atoms with E-state index >= 15 is 0 Å². The van der Waals surface area contributed by atoms with Gasteiger partial charge in [-0.1, -0.05) is 55.0 Å². The molecule has 0 radical (unpaired) electrons. The fraction of sp³-hybridized carbons (Fsp3) is 0.800. The van der Waals surface area contributed by atoms with Crippen LogP contribution in [0.2, 0.25) is 29.2 Å². The third-order valence-corrected chi connectivity index (χ3v) is 15.0. The van der Waals surface area contributed by atoms with Crippen LogP contribution in [0.15, 0.2) is 12.7 Å². The van der Waals surface area contributed by atoms with Crippen LogP contribution in [0.4, 0.5) is 0 Å². The molecule has 0 saturated heterocycles. The maximum absolute atomic E-state index is 11.8. The van der Waals surface area contributed by atoms with E-state index in [0.29, 0.717) is 0 Å². The highest BCUT2D eigenvalue weighted by Crippen LogP contribution is 2.39. The lowest BCUT2D eigenvalue weighted by Crippen LogP contribution is -2.57. The van der Waals surface area contributed by atoms with Gasteiger partial charge < -0.3 is 8.54 Å². The van der Waals surface area contributed by atoms with E-state index in [9.17, 15) is 4.79 Å². The molecule has 0 atom stereocenters. The molecule has 0 aliphatic heterocycles. The van der Waals surface area contributed by atoms with Crippen molar-refractivity contribution in [2.24, 2.45) is 0 Å². The van der Waals surface area contributed by atoms with Gasteiger partial charge in [-0.25, -0.2) is 4.79 Å². The number of carbonyl (C=O) groups is 1. The molecule has 0 saturated carbocycles. The second-order valence-electron chi connectivity index (χ2n) is 6.00. The van der Waals surface area contributed by atoms with Crippen molar-refractivity contribution < 1.29 is 13.3 Å². The Hall–Kier alpha value is -0.396. The van der Waals surface area contributed by atoms with E-state index in [4.69, 9.17) is 8.54 Å². The van der Waals surface area contributed by atoms with E-state index < -0.39 is 16.9 Å². The van der Waals surface area contributed by atoms with Gasteiger partial charge >= 0.3 is 14.5 Å². The van der Waals surface area contributed by atoms with E-state index in [1.165, 1.54) is 6.08 Å². The molecule has 5 heteroatoms. The standard InChI is InChI=1S/C15H32O3Si2/c1-9-15(16)17-20(13(5)6,14(7)8)18-19(10-2,11-3)12-4/h9,13-14H,1,10-12H2,2-8H3. The number of rotatable bonds is 9. The third-order valence-electron chi connectivity index (χ3n) is 4.35. The summed E-state index contributed by atoms with van der Waals surface area (Å²) in [4.78, 5) is 11.8. The zero-order valence-electron chi connectivity index (χ0n) is 14.3. The lowest BCUT2D eigenvalue weighted by atomic mass is 10.5. The largest absolute Gasteiger partial charge is 0.491 e. The summed E-state index contributed by atoms with van der Waals surface area (Å²) >= 11 is 0. The number of hydrogen-bond acceptors (Lipinski definition) is 3. The molecule has 0 aliphatic rings. The first kappa shape index (κ1) is 19.6. The van der Waals surface area contributed by atoms with Crippen molar-refractivity contribution in [2.45, 2.75) is 77.7 Å². The summed E-state index contributed by atoms with van der Waals surface area (Å²) in [6.45, 7) is 18.6. The molecule has 0 unspecified atom stereocenters. The fourth-order valence-corrected chi connectivity index (χ4v) is 12.9. The Labute approximate surface area is 127 Å². The molecule has 0 amide bonds. The normalized spacial score (nSPS) is 12.8. The molecule has 0 heterocycles. The molecule has 20 heavy (non-hydrogen) atoms. The van der Waals surface area contributed by atoms with Gasteiger partial charge in [0.25, 0.3) is 0 Å². The lowest BCUT2D eigenvalue weighted by molar-refractivity contribution is -0.131. The van der Waals surface area contributed by atoms with E-state index in [1.807, 2.05) is 0 Å². The maximum atomic E-state index is 11.8. The predicted molar refractivity (Wildman–Crippen MR) is 90.5 cm³/mol. The minimum absolute atomic E-state index is 0.239. The molecule has 0 rings (SSSR count). The summed E-state index contributed by atoms with van der Waals surface area (Å²) < 4.78 is 12.6. The van der Waals surface area contributed by atoms with Gasteiger partial charge in [0.05, 0.1) is 0 Å². The summed E-state index contributed by atoms with van der Waals surface area (Å²) in [6, 6.07) is 3.21. The first-order valence-corrected chi connectivity index (χ1v) is 12.3. The van der Waals surface area contributed by atoms with Gasteiger partial charge in [-0.2, -0.15) is 0 Å². The van der Waals surface area contributed by atoms with Crippen LogP contribution in [-0.4, -0.2) is 22.8 Å². The van der Waals surface area contributed by atoms with Crippen LogP contribution in [0, 0.1) is 0 Å². The maximum Gasteiger partial charge on any atom is 0.396 e. The number of carbonyl (C=O) groups excluding carboxylic acids is 1. The summed E-state index contributed by atoms with van der Waals surface area (Å²) in [5, 5.41) is 0. The topological polar surface area (TPSA) is 35.5 Å². The highest BCUT2D eigenvalue weighted by molar-refractivity contribution is 6.86. The van der Waals surface area contributed by atoms with Gasteiger partial charge in [0.1, 0.15) is 0 Å². The van der Waals surface area contributed by atoms with Crippen LogP contribution < -0.4 is 0 Å². The van der Waals surface area contributed by atoms with Gasteiger partial charge in [0, 0.05) is 17.2 Å². The minimum Gasteiger partial charge on any atom is -0.491 e. The van der Waals surface area contributed by atoms with Crippen LogP contribution in [0.3, 0.4) is 0 Å². The quantitative estimate of drug-likeness (QED) is 0.443. The van der Waals surface area contributed by atoms with Crippen molar-refractivity contribution >= 4 is 22.8 Å². The highest BCUT2D eigenvalue weighted by Gasteiger charge is 2.52. The molecule has 0 aromatic heterocycles. The van der Waals surface area contributed by atoms with Gasteiger partial charge in [-0.05, 0) is 18.1 Å². The molecular weight excluding hydrogens is 284 g/mol. The molecule has 0 fully saturated rings.